The van der Waals surface area contributed by atoms with E-state index in [2.05, 4.69) is 10.2 Å². The molecule has 4 heteroatoms. The molecule has 0 unspecified atom stereocenters. The highest BCUT2D eigenvalue weighted by atomic mass is 16.3. The first-order chi connectivity index (χ1) is 8.03. The smallest absolute Gasteiger partial charge is 0.145 e. The number of nitrogens with one attached hydrogen (secondary N) is 1. The number of hydrogen-bond donors (Lipinski definition) is 3. The van der Waals surface area contributed by atoms with Crippen LogP contribution in [-0.2, 0) is 5.41 Å². The monoisotopic (exact) mass is 231 g/mol. The summed E-state index contributed by atoms with van der Waals surface area (Å²) in [7, 11) is 0. The van der Waals surface area contributed by atoms with Gasteiger partial charge in [0.2, 0.25) is 0 Å². The summed E-state index contributed by atoms with van der Waals surface area (Å²) in [5.74, 6) is 0.486. The fourth-order valence-electron chi connectivity index (χ4n) is 1.68. The highest BCUT2D eigenvalue weighted by Crippen LogP contribution is 2.25. The van der Waals surface area contributed by atoms with Crippen LogP contribution >= 0.6 is 0 Å². The first-order valence-electron chi connectivity index (χ1n) is 5.55. The Hall–Kier alpha value is -1.81. The van der Waals surface area contributed by atoms with Crippen LogP contribution in [0.15, 0.2) is 30.3 Å². The van der Waals surface area contributed by atoms with Crippen molar-refractivity contribution in [3.63, 3.8) is 0 Å². The molecule has 0 saturated heterocycles. The molecule has 0 aliphatic carbocycles. The van der Waals surface area contributed by atoms with Crippen LogP contribution < -0.4 is 5.73 Å². The van der Waals surface area contributed by atoms with Gasteiger partial charge in [0.05, 0.1) is 12.3 Å². The summed E-state index contributed by atoms with van der Waals surface area (Å²) in [4.78, 5) is 0. The van der Waals surface area contributed by atoms with Crippen molar-refractivity contribution in [2.75, 3.05) is 12.3 Å². The van der Waals surface area contributed by atoms with E-state index in [1.54, 1.807) is 6.07 Å². The third kappa shape index (κ3) is 2.31. The van der Waals surface area contributed by atoms with Gasteiger partial charge in [0.25, 0.3) is 0 Å². The topological polar surface area (TPSA) is 74.9 Å². The first-order valence-corrected chi connectivity index (χ1v) is 5.55. The van der Waals surface area contributed by atoms with Crippen molar-refractivity contribution in [2.45, 2.75) is 19.3 Å². The van der Waals surface area contributed by atoms with Crippen LogP contribution in [0.3, 0.4) is 0 Å². The second-order valence-corrected chi connectivity index (χ2v) is 4.83. The number of aliphatic hydroxyl groups excluding tert-OH is 1. The number of nitrogens with zero attached hydrogens (tertiary/aromatic N) is 1. The number of aliphatic hydroxyl groups is 1. The van der Waals surface area contributed by atoms with Crippen LogP contribution in [0.4, 0.5) is 5.82 Å². The molecule has 0 atom stereocenters. The number of anilines is 1. The normalized spacial score (nSPS) is 11.7. The average Bonchev–Trinajstić information content (AvgIpc) is 2.76. The largest absolute Gasteiger partial charge is 0.395 e. The lowest BCUT2D eigenvalue weighted by molar-refractivity contribution is 0.218. The van der Waals surface area contributed by atoms with Crippen molar-refractivity contribution < 1.29 is 5.11 Å². The van der Waals surface area contributed by atoms with Crippen molar-refractivity contribution >= 4 is 5.82 Å². The van der Waals surface area contributed by atoms with Gasteiger partial charge in [0.15, 0.2) is 0 Å². The van der Waals surface area contributed by atoms with Gasteiger partial charge in [-0.05, 0) is 11.1 Å². The molecular formula is C13H17N3O. The van der Waals surface area contributed by atoms with Gasteiger partial charge in [-0.1, -0.05) is 38.1 Å². The van der Waals surface area contributed by atoms with Crippen LogP contribution in [0.25, 0.3) is 11.3 Å². The Bertz CT molecular complexity index is 500. The molecule has 0 aliphatic heterocycles. The van der Waals surface area contributed by atoms with E-state index in [0.29, 0.717) is 5.82 Å². The van der Waals surface area contributed by atoms with Gasteiger partial charge in [-0.25, -0.2) is 0 Å². The summed E-state index contributed by atoms with van der Waals surface area (Å²) in [6, 6.07) is 9.83. The molecule has 2 rings (SSSR count). The van der Waals surface area contributed by atoms with Crippen LogP contribution in [-0.4, -0.2) is 21.9 Å². The third-order valence-electron chi connectivity index (χ3n) is 2.97. The number of nitrogen functional groups attached to an aromatic ring is 1. The molecule has 17 heavy (non-hydrogen) atoms. The zero-order chi connectivity index (χ0) is 12.5. The Balaban J connectivity index is 2.30. The van der Waals surface area contributed by atoms with Gasteiger partial charge in [0, 0.05) is 11.5 Å². The quantitative estimate of drug-likeness (QED) is 0.755. The minimum atomic E-state index is -0.217. The van der Waals surface area contributed by atoms with E-state index >= 15 is 0 Å². The summed E-state index contributed by atoms with van der Waals surface area (Å²) in [5, 5.41) is 16.1. The van der Waals surface area contributed by atoms with Crippen molar-refractivity contribution in [3.05, 3.63) is 35.9 Å². The molecule has 1 aromatic carbocycles. The number of aromatic amines is 1. The van der Waals surface area contributed by atoms with Gasteiger partial charge in [0.1, 0.15) is 5.82 Å². The van der Waals surface area contributed by atoms with Crippen LogP contribution in [0.2, 0.25) is 0 Å². The van der Waals surface area contributed by atoms with Crippen molar-refractivity contribution in [3.8, 4) is 11.3 Å². The summed E-state index contributed by atoms with van der Waals surface area (Å²) < 4.78 is 0. The highest BCUT2D eigenvalue weighted by molar-refractivity contribution is 5.62. The van der Waals surface area contributed by atoms with Gasteiger partial charge < -0.3 is 10.8 Å². The van der Waals surface area contributed by atoms with E-state index in [9.17, 15) is 5.11 Å². The zero-order valence-electron chi connectivity index (χ0n) is 10.1. The lowest BCUT2D eigenvalue weighted by Gasteiger charge is -2.22. The standard InChI is InChI=1S/C13H17N3O/c1-13(2,8-17)10-5-3-9(4-6-10)11-7-12(14)16-15-11/h3-7,17H,8H2,1-2H3,(H3,14,15,16). The van der Waals surface area contributed by atoms with Crippen molar-refractivity contribution in [1.82, 2.24) is 10.2 Å². The first kappa shape index (κ1) is 11.7. The summed E-state index contributed by atoms with van der Waals surface area (Å²) in [6.45, 7) is 4.15. The van der Waals surface area contributed by atoms with E-state index in [1.165, 1.54) is 0 Å². The lowest BCUT2D eigenvalue weighted by atomic mass is 9.85. The van der Waals surface area contributed by atoms with Gasteiger partial charge in [-0.2, -0.15) is 5.10 Å². The molecule has 4 N–H and O–H groups in total. The number of hydrogen-bond acceptors (Lipinski definition) is 3. The summed E-state index contributed by atoms with van der Waals surface area (Å²) in [5.41, 5.74) is 8.39. The summed E-state index contributed by atoms with van der Waals surface area (Å²) in [6.07, 6.45) is 0. The number of benzene rings is 1. The van der Waals surface area contributed by atoms with Crippen LogP contribution in [0.1, 0.15) is 19.4 Å². The molecule has 1 heterocycles. The molecule has 0 bridgehead atoms. The number of H-pyrrole nitrogens is 1. The summed E-state index contributed by atoms with van der Waals surface area (Å²) >= 11 is 0. The predicted molar refractivity (Wildman–Crippen MR) is 68.5 cm³/mol. The molecule has 1 aromatic heterocycles. The predicted octanol–water partition coefficient (Wildman–Crippen LogP) is 1.93. The van der Waals surface area contributed by atoms with Crippen LogP contribution in [0, 0.1) is 0 Å². The molecule has 4 nitrogen and oxygen atoms in total. The fraction of sp³-hybridized carbons (Fsp3) is 0.308. The fourth-order valence-corrected chi connectivity index (χ4v) is 1.68. The van der Waals surface area contributed by atoms with E-state index in [1.807, 2.05) is 38.1 Å². The van der Waals surface area contributed by atoms with E-state index in [-0.39, 0.29) is 12.0 Å². The van der Waals surface area contributed by atoms with Gasteiger partial charge in [-0.15, -0.1) is 0 Å². The van der Waals surface area contributed by atoms with Gasteiger partial charge >= 0.3 is 0 Å². The van der Waals surface area contributed by atoms with E-state index in [4.69, 9.17) is 5.73 Å². The van der Waals surface area contributed by atoms with E-state index < -0.39 is 0 Å². The third-order valence-corrected chi connectivity index (χ3v) is 2.97. The Morgan fingerprint density at radius 3 is 2.41 bits per heavy atom. The second-order valence-electron chi connectivity index (χ2n) is 4.83. The maximum absolute atomic E-state index is 9.30. The second kappa shape index (κ2) is 4.22. The number of rotatable bonds is 3. The highest BCUT2D eigenvalue weighted by Gasteiger charge is 2.18. The van der Waals surface area contributed by atoms with Gasteiger partial charge in [-0.3, -0.25) is 5.10 Å². The molecular weight excluding hydrogens is 214 g/mol. The maximum atomic E-state index is 9.30. The molecule has 0 radical (unpaired) electrons. The minimum absolute atomic E-state index is 0.128. The Labute approximate surface area is 100 Å². The Kier molecular flexibility index (Phi) is 2.90. The Morgan fingerprint density at radius 2 is 1.94 bits per heavy atom. The average molecular weight is 231 g/mol. The molecule has 2 aromatic rings. The lowest BCUT2D eigenvalue weighted by Crippen LogP contribution is -2.21. The Morgan fingerprint density at radius 1 is 1.29 bits per heavy atom. The number of nitrogens with two attached hydrogens (primary N) is 1. The van der Waals surface area contributed by atoms with E-state index in [0.717, 1.165) is 16.8 Å². The van der Waals surface area contributed by atoms with Crippen LogP contribution in [0.5, 0.6) is 0 Å². The molecule has 0 saturated carbocycles. The minimum Gasteiger partial charge on any atom is -0.395 e. The van der Waals surface area contributed by atoms with Crippen molar-refractivity contribution in [2.24, 2.45) is 0 Å². The zero-order valence-corrected chi connectivity index (χ0v) is 10.1. The molecule has 0 amide bonds. The number of aromatic nitrogens is 2. The molecule has 0 fully saturated rings. The maximum Gasteiger partial charge on any atom is 0.145 e. The van der Waals surface area contributed by atoms with Crippen molar-refractivity contribution in [1.29, 1.82) is 0 Å². The molecule has 0 aliphatic rings. The molecule has 90 valence electrons. The SMILES string of the molecule is CC(C)(CO)c1ccc(-c2cc(N)n[nH]2)cc1. The molecule has 0 spiro atoms.